The topological polar surface area (TPSA) is 92.8 Å². The number of carbonyl (C=O) groups excluding carboxylic acids is 4. The third-order valence-electron chi connectivity index (χ3n) is 4.72. The molecule has 30 heavy (non-hydrogen) atoms. The Morgan fingerprint density at radius 1 is 1.10 bits per heavy atom. The third kappa shape index (κ3) is 4.69. The maximum absolute atomic E-state index is 12.5. The molecular weight excluding hydrogens is 384 g/mol. The fraction of sp³-hybridized carbons (Fsp3) is 0.217. The number of ketones is 1. The molecule has 2 amide bonds. The Morgan fingerprint density at radius 2 is 1.73 bits per heavy atom. The maximum Gasteiger partial charge on any atom is 0.338 e. The van der Waals surface area contributed by atoms with Crippen LogP contribution in [0, 0.1) is 6.92 Å². The lowest BCUT2D eigenvalue weighted by Crippen LogP contribution is -2.38. The van der Waals surface area contributed by atoms with Gasteiger partial charge in [0.1, 0.15) is 0 Å². The molecule has 1 saturated heterocycles. The van der Waals surface area contributed by atoms with E-state index < -0.39 is 12.0 Å². The van der Waals surface area contributed by atoms with Crippen molar-refractivity contribution in [1.82, 2.24) is 5.32 Å². The zero-order valence-electron chi connectivity index (χ0n) is 16.6. The minimum Gasteiger partial charge on any atom is -0.454 e. The second kappa shape index (κ2) is 9.28. The van der Waals surface area contributed by atoms with E-state index in [0.29, 0.717) is 17.8 Å². The highest BCUT2D eigenvalue weighted by molar-refractivity contribution is 6.22. The van der Waals surface area contributed by atoms with E-state index in [1.54, 1.807) is 18.2 Å². The van der Waals surface area contributed by atoms with E-state index in [2.05, 4.69) is 11.9 Å². The highest BCUT2D eigenvalue weighted by Gasteiger charge is 2.39. The van der Waals surface area contributed by atoms with Gasteiger partial charge in [0.15, 0.2) is 12.4 Å². The van der Waals surface area contributed by atoms with Crippen molar-refractivity contribution in [2.24, 2.45) is 0 Å². The predicted octanol–water partition coefficient (Wildman–Crippen LogP) is 2.44. The standard InChI is InChI=1S/C23H22N2O5/c1-3-12-24-19-13-21(27)25(22(19)28)18-10-8-17(9-11-18)23(29)30-14-20(26)16-6-4-15(2)5-7-16/h3-11,19,24H,1,12-14H2,2H3. The van der Waals surface area contributed by atoms with Crippen molar-refractivity contribution >= 4 is 29.3 Å². The molecule has 1 heterocycles. The molecule has 1 atom stereocenters. The van der Waals surface area contributed by atoms with E-state index in [1.165, 1.54) is 24.3 Å². The molecule has 3 rings (SSSR count). The van der Waals surface area contributed by atoms with Crippen molar-refractivity contribution < 1.29 is 23.9 Å². The van der Waals surface area contributed by atoms with Crippen LogP contribution in [0.3, 0.4) is 0 Å². The molecule has 0 spiro atoms. The van der Waals surface area contributed by atoms with Gasteiger partial charge in [0.2, 0.25) is 5.91 Å². The number of nitrogens with one attached hydrogen (secondary N) is 1. The van der Waals surface area contributed by atoms with Crippen molar-refractivity contribution in [3.8, 4) is 0 Å². The molecule has 1 N–H and O–H groups in total. The van der Waals surface area contributed by atoms with E-state index in [9.17, 15) is 19.2 Å². The summed E-state index contributed by atoms with van der Waals surface area (Å²) in [6, 6.07) is 12.3. The molecule has 0 saturated carbocycles. The molecule has 0 radical (unpaired) electrons. The lowest BCUT2D eigenvalue weighted by molar-refractivity contribution is -0.121. The van der Waals surface area contributed by atoms with Crippen LogP contribution in [0.4, 0.5) is 5.69 Å². The number of aryl methyl sites for hydroxylation is 1. The first kappa shape index (κ1) is 21.1. The number of benzene rings is 2. The summed E-state index contributed by atoms with van der Waals surface area (Å²) in [6.07, 6.45) is 1.68. The largest absolute Gasteiger partial charge is 0.454 e. The van der Waals surface area contributed by atoms with Crippen LogP contribution >= 0.6 is 0 Å². The number of rotatable bonds is 8. The average molecular weight is 406 g/mol. The van der Waals surface area contributed by atoms with Crippen molar-refractivity contribution in [2.45, 2.75) is 19.4 Å². The zero-order valence-corrected chi connectivity index (χ0v) is 16.6. The van der Waals surface area contributed by atoms with Gasteiger partial charge in [0, 0.05) is 12.1 Å². The Bertz CT molecular complexity index is 980. The molecule has 1 aliphatic heterocycles. The minimum absolute atomic E-state index is 0.0671. The molecule has 2 aromatic carbocycles. The van der Waals surface area contributed by atoms with Crippen LogP contribution in [0.25, 0.3) is 0 Å². The summed E-state index contributed by atoms with van der Waals surface area (Å²) in [5.41, 5.74) is 2.09. The van der Waals surface area contributed by atoms with Gasteiger partial charge in [-0.05, 0) is 31.2 Å². The van der Waals surface area contributed by atoms with Gasteiger partial charge >= 0.3 is 5.97 Å². The monoisotopic (exact) mass is 406 g/mol. The first-order valence-electron chi connectivity index (χ1n) is 9.49. The summed E-state index contributed by atoms with van der Waals surface area (Å²) in [7, 11) is 0. The fourth-order valence-corrected chi connectivity index (χ4v) is 3.07. The highest BCUT2D eigenvalue weighted by atomic mass is 16.5. The van der Waals surface area contributed by atoms with Gasteiger partial charge in [-0.3, -0.25) is 14.4 Å². The number of hydrogen-bond donors (Lipinski definition) is 1. The Kier molecular flexibility index (Phi) is 6.54. The van der Waals surface area contributed by atoms with Gasteiger partial charge in [0.25, 0.3) is 5.91 Å². The summed E-state index contributed by atoms with van der Waals surface area (Å²) in [5, 5.41) is 2.95. The van der Waals surface area contributed by atoms with Gasteiger partial charge in [-0.1, -0.05) is 35.9 Å². The molecule has 1 fully saturated rings. The number of amides is 2. The first-order chi connectivity index (χ1) is 14.4. The van der Waals surface area contributed by atoms with E-state index in [4.69, 9.17) is 4.74 Å². The summed E-state index contributed by atoms with van der Waals surface area (Å²) in [5.74, 6) is -1.63. The fourth-order valence-electron chi connectivity index (χ4n) is 3.07. The second-order valence-corrected chi connectivity index (χ2v) is 6.93. The average Bonchev–Trinajstić information content (AvgIpc) is 3.03. The summed E-state index contributed by atoms with van der Waals surface area (Å²) >= 11 is 0. The number of carbonyl (C=O) groups is 4. The van der Waals surface area contributed by atoms with Crippen molar-refractivity contribution in [3.05, 3.63) is 77.9 Å². The van der Waals surface area contributed by atoms with Crippen molar-refractivity contribution in [2.75, 3.05) is 18.1 Å². The number of anilines is 1. The summed E-state index contributed by atoms with van der Waals surface area (Å²) < 4.78 is 5.09. The number of esters is 1. The van der Waals surface area contributed by atoms with Gasteiger partial charge in [-0.25, -0.2) is 9.69 Å². The normalized spacial score (nSPS) is 15.9. The van der Waals surface area contributed by atoms with Crippen LogP contribution in [0.2, 0.25) is 0 Å². The molecule has 0 aliphatic carbocycles. The number of Topliss-reactive ketones (excluding diaryl/α,β-unsaturated/α-hetero) is 1. The Morgan fingerprint density at radius 3 is 2.37 bits per heavy atom. The van der Waals surface area contributed by atoms with Gasteiger partial charge in [-0.15, -0.1) is 6.58 Å². The number of imide groups is 1. The van der Waals surface area contributed by atoms with Crippen LogP contribution in [-0.4, -0.2) is 42.8 Å². The molecule has 2 aromatic rings. The second-order valence-electron chi connectivity index (χ2n) is 6.93. The summed E-state index contributed by atoms with van der Waals surface area (Å²) in [4.78, 5) is 50.1. The lowest BCUT2D eigenvalue weighted by atomic mass is 10.1. The minimum atomic E-state index is -0.661. The molecule has 154 valence electrons. The number of nitrogens with zero attached hydrogens (tertiary/aromatic N) is 1. The van der Waals surface area contributed by atoms with Crippen LogP contribution in [-0.2, 0) is 14.3 Å². The van der Waals surface area contributed by atoms with Crippen molar-refractivity contribution in [3.63, 3.8) is 0 Å². The Hall–Kier alpha value is -3.58. The van der Waals surface area contributed by atoms with Gasteiger partial charge in [0.05, 0.1) is 23.7 Å². The third-order valence-corrected chi connectivity index (χ3v) is 4.72. The summed E-state index contributed by atoms with van der Waals surface area (Å²) in [6.45, 7) is 5.54. The molecule has 0 bridgehead atoms. The highest BCUT2D eigenvalue weighted by Crippen LogP contribution is 2.23. The number of hydrogen-bond acceptors (Lipinski definition) is 6. The van der Waals surface area contributed by atoms with Crippen LogP contribution in [0.1, 0.15) is 32.7 Å². The van der Waals surface area contributed by atoms with Gasteiger partial charge in [-0.2, -0.15) is 0 Å². The maximum atomic E-state index is 12.5. The molecule has 1 aliphatic rings. The molecule has 7 heteroatoms. The zero-order chi connectivity index (χ0) is 21.7. The number of ether oxygens (including phenoxy) is 1. The van der Waals surface area contributed by atoms with E-state index in [1.807, 2.05) is 19.1 Å². The van der Waals surface area contributed by atoms with E-state index in [0.717, 1.165) is 10.5 Å². The van der Waals surface area contributed by atoms with Crippen molar-refractivity contribution in [1.29, 1.82) is 0 Å². The molecular formula is C23H22N2O5. The van der Waals surface area contributed by atoms with Crippen LogP contribution in [0.15, 0.2) is 61.2 Å². The van der Waals surface area contributed by atoms with Gasteiger partial charge < -0.3 is 10.1 Å². The predicted molar refractivity (Wildman–Crippen MR) is 111 cm³/mol. The van der Waals surface area contributed by atoms with Crippen LogP contribution in [0.5, 0.6) is 0 Å². The first-order valence-corrected chi connectivity index (χ1v) is 9.49. The van der Waals surface area contributed by atoms with E-state index in [-0.39, 0.29) is 36.2 Å². The molecule has 1 unspecified atom stereocenters. The molecule has 0 aromatic heterocycles. The lowest BCUT2D eigenvalue weighted by Gasteiger charge is -2.15. The quantitative estimate of drug-likeness (QED) is 0.313. The Labute approximate surface area is 174 Å². The van der Waals surface area contributed by atoms with Crippen LogP contribution < -0.4 is 10.2 Å². The molecule has 7 nitrogen and oxygen atoms in total. The van der Waals surface area contributed by atoms with E-state index >= 15 is 0 Å². The SMILES string of the molecule is C=CCNC1CC(=O)N(c2ccc(C(=O)OCC(=O)c3ccc(C)cc3)cc2)C1=O. The Balaban J connectivity index is 1.61. The smallest absolute Gasteiger partial charge is 0.338 e.